The van der Waals surface area contributed by atoms with Crippen LogP contribution >= 0.6 is 24.0 Å². The zero-order valence-electron chi connectivity index (χ0n) is 11.5. The van der Waals surface area contributed by atoms with Gasteiger partial charge in [0.2, 0.25) is 0 Å². The zero-order chi connectivity index (χ0) is 13.1. The summed E-state index contributed by atoms with van der Waals surface area (Å²) in [6, 6.07) is 0. The molecule has 5 nitrogen and oxygen atoms in total. The van der Waals surface area contributed by atoms with Gasteiger partial charge in [0.1, 0.15) is 0 Å². The van der Waals surface area contributed by atoms with E-state index in [-0.39, 0.29) is 24.0 Å². The van der Waals surface area contributed by atoms with Gasteiger partial charge in [-0.15, -0.1) is 30.4 Å². The molecule has 0 bridgehead atoms. The van der Waals surface area contributed by atoms with Crippen molar-refractivity contribution >= 4 is 29.9 Å². The van der Waals surface area contributed by atoms with Gasteiger partial charge >= 0.3 is 0 Å². The van der Waals surface area contributed by atoms with Crippen molar-refractivity contribution in [1.82, 2.24) is 10.6 Å². The first-order valence-corrected chi connectivity index (χ1v) is 6.40. The molecule has 0 amide bonds. The maximum atomic E-state index is 5.60. The molecule has 1 atom stereocenters. The maximum Gasteiger partial charge on any atom is 0.191 e. The van der Waals surface area contributed by atoms with E-state index in [1.54, 1.807) is 7.05 Å². The van der Waals surface area contributed by atoms with Crippen molar-refractivity contribution in [2.45, 2.75) is 12.8 Å². The van der Waals surface area contributed by atoms with Crippen molar-refractivity contribution in [1.29, 1.82) is 0 Å². The number of terminal acetylenes is 1. The lowest BCUT2D eigenvalue weighted by Gasteiger charge is -2.11. The lowest BCUT2D eigenvalue weighted by atomic mass is 10.1. The minimum Gasteiger partial charge on any atom is -0.381 e. The summed E-state index contributed by atoms with van der Waals surface area (Å²) in [6.45, 7) is 4.61. The first-order chi connectivity index (χ1) is 8.86. The maximum absolute atomic E-state index is 5.60. The number of nitrogens with zero attached hydrogens (tertiary/aromatic N) is 1. The van der Waals surface area contributed by atoms with Crippen LogP contribution in [0.2, 0.25) is 0 Å². The van der Waals surface area contributed by atoms with E-state index < -0.39 is 0 Å². The standard InChI is InChI=1S/C13H23N3O2.HI/c1-3-6-15-13(14-2)16-7-4-8-17-10-12-5-9-18-11-12;/h1,12H,4-11H2,2H3,(H2,14,15,16);1H. The van der Waals surface area contributed by atoms with Crippen molar-refractivity contribution in [2.75, 3.05) is 46.6 Å². The summed E-state index contributed by atoms with van der Waals surface area (Å²) in [5, 5.41) is 6.17. The van der Waals surface area contributed by atoms with Gasteiger partial charge < -0.3 is 20.1 Å². The number of guanidine groups is 1. The average Bonchev–Trinajstić information content (AvgIpc) is 2.90. The van der Waals surface area contributed by atoms with Crippen LogP contribution in [0.5, 0.6) is 0 Å². The number of halogens is 1. The molecule has 1 unspecified atom stereocenters. The van der Waals surface area contributed by atoms with Crippen LogP contribution in [0.1, 0.15) is 12.8 Å². The van der Waals surface area contributed by atoms with Gasteiger partial charge in [0, 0.05) is 32.7 Å². The van der Waals surface area contributed by atoms with Crippen LogP contribution in [-0.2, 0) is 9.47 Å². The van der Waals surface area contributed by atoms with Crippen LogP contribution in [0.4, 0.5) is 0 Å². The molecule has 0 saturated carbocycles. The first-order valence-electron chi connectivity index (χ1n) is 6.40. The van der Waals surface area contributed by atoms with Gasteiger partial charge in [0.05, 0.1) is 19.8 Å². The topological polar surface area (TPSA) is 54.9 Å². The molecule has 0 aromatic rings. The molecule has 0 aliphatic carbocycles. The zero-order valence-corrected chi connectivity index (χ0v) is 13.8. The second kappa shape index (κ2) is 12.5. The summed E-state index contributed by atoms with van der Waals surface area (Å²) in [7, 11) is 1.72. The highest BCUT2D eigenvalue weighted by Gasteiger charge is 2.14. The molecule has 19 heavy (non-hydrogen) atoms. The molecule has 1 saturated heterocycles. The van der Waals surface area contributed by atoms with E-state index >= 15 is 0 Å². The minimum absolute atomic E-state index is 0. The van der Waals surface area contributed by atoms with Crippen LogP contribution in [-0.4, -0.2) is 52.5 Å². The second-order valence-corrected chi connectivity index (χ2v) is 4.21. The molecule has 0 aromatic heterocycles. The number of rotatable bonds is 7. The SMILES string of the molecule is C#CCNC(=NC)NCCCOCC1CCOC1.I. The molecule has 1 rings (SSSR count). The third-order valence-electron chi connectivity index (χ3n) is 2.72. The summed E-state index contributed by atoms with van der Waals surface area (Å²) in [5.41, 5.74) is 0. The number of nitrogens with one attached hydrogen (secondary N) is 2. The summed E-state index contributed by atoms with van der Waals surface area (Å²) in [6.07, 6.45) is 7.23. The Balaban J connectivity index is 0.00000324. The highest BCUT2D eigenvalue weighted by atomic mass is 127. The molecule has 1 heterocycles. The van der Waals surface area contributed by atoms with Crippen LogP contribution in [0, 0.1) is 18.3 Å². The Bertz CT molecular complexity index is 286. The summed E-state index contributed by atoms with van der Waals surface area (Å²) < 4.78 is 10.9. The molecule has 1 aliphatic rings. The smallest absolute Gasteiger partial charge is 0.191 e. The van der Waals surface area contributed by atoms with Gasteiger partial charge in [-0.3, -0.25) is 4.99 Å². The highest BCUT2D eigenvalue weighted by molar-refractivity contribution is 14.0. The quantitative estimate of drug-likeness (QED) is 0.226. The molecule has 0 spiro atoms. The first kappa shape index (κ1) is 18.5. The lowest BCUT2D eigenvalue weighted by Crippen LogP contribution is -2.38. The minimum atomic E-state index is 0. The summed E-state index contributed by atoms with van der Waals surface area (Å²) >= 11 is 0. The lowest BCUT2D eigenvalue weighted by molar-refractivity contribution is 0.0888. The van der Waals surface area contributed by atoms with Gasteiger partial charge in [-0.05, 0) is 12.8 Å². The van der Waals surface area contributed by atoms with Crippen LogP contribution < -0.4 is 10.6 Å². The Kier molecular flexibility index (Phi) is 12.2. The fourth-order valence-electron chi connectivity index (χ4n) is 1.70. The predicted octanol–water partition coefficient (Wildman–Crippen LogP) is 0.846. The Hall–Kier alpha value is -0.520. The molecule has 1 aliphatic heterocycles. The van der Waals surface area contributed by atoms with Gasteiger partial charge in [0.25, 0.3) is 0 Å². The van der Waals surface area contributed by atoms with E-state index in [9.17, 15) is 0 Å². The third-order valence-corrected chi connectivity index (χ3v) is 2.72. The molecule has 2 N–H and O–H groups in total. The average molecular weight is 381 g/mol. The van der Waals surface area contributed by atoms with Crippen LogP contribution in [0.25, 0.3) is 0 Å². The van der Waals surface area contributed by atoms with E-state index in [0.717, 1.165) is 51.8 Å². The van der Waals surface area contributed by atoms with Crippen molar-refractivity contribution < 1.29 is 9.47 Å². The molecule has 0 aromatic carbocycles. The van der Waals surface area contributed by atoms with Crippen molar-refractivity contribution in [3.8, 4) is 12.3 Å². The normalized spacial score (nSPS) is 18.5. The van der Waals surface area contributed by atoms with E-state index in [1.807, 2.05) is 0 Å². The van der Waals surface area contributed by atoms with E-state index in [4.69, 9.17) is 15.9 Å². The van der Waals surface area contributed by atoms with Crippen molar-refractivity contribution in [2.24, 2.45) is 10.9 Å². The molecular weight excluding hydrogens is 357 g/mol. The Labute approximate surface area is 132 Å². The summed E-state index contributed by atoms with van der Waals surface area (Å²) in [4.78, 5) is 4.05. The Morgan fingerprint density at radius 1 is 1.53 bits per heavy atom. The van der Waals surface area contributed by atoms with Crippen molar-refractivity contribution in [3.63, 3.8) is 0 Å². The van der Waals surface area contributed by atoms with Gasteiger partial charge in [-0.2, -0.15) is 0 Å². The third kappa shape index (κ3) is 9.08. The monoisotopic (exact) mass is 381 g/mol. The predicted molar refractivity (Wildman–Crippen MR) is 88.0 cm³/mol. The van der Waals surface area contributed by atoms with Gasteiger partial charge in [-0.1, -0.05) is 5.92 Å². The molecule has 6 heteroatoms. The second-order valence-electron chi connectivity index (χ2n) is 4.21. The van der Waals surface area contributed by atoms with Gasteiger partial charge in [-0.25, -0.2) is 0 Å². The van der Waals surface area contributed by atoms with Crippen LogP contribution in [0.3, 0.4) is 0 Å². The highest BCUT2D eigenvalue weighted by Crippen LogP contribution is 2.12. The number of aliphatic imine (C=N–C) groups is 1. The molecule has 110 valence electrons. The Morgan fingerprint density at radius 2 is 2.37 bits per heavy atom. The number of ether oxygens (including phenoxy) is 2. The fourth-order valence-corrected chi connectivity index (χ4v) is 1.70. The molecule has 0 radical (unpaired) electrons. The largest absolute Gasteiger partial charge is 0.381 e. The number of hydrogen-bond acceptors (Lipinski definition) is 3. The molecule has 1 fully saturated rings. The van der Waals surface area contributed by atoms with E-state index in [0.29, 0.717) is 12.5 Å². The van der Waals surface area contributed by atoms with E-state index in [2.05, 4.69) is 21.5 Å². The van der Waals surface area contributed by atoms with E-state index in [1.165, 1.54) is 0 Å². The Morgan fingerprint density at radius 3 is 3.00 bits per heavy atom. The summed E-state index contributed by atoms with van der Waals surface area (Å²) in [5.74, 6) is 3.83. The van der Waals surface area contributed by atoms with Gasteiger partial charge in [0.15, 0.2) is 5.96 Å². The fraction of sp³-hybridized carbons (Fsp3) is 0.769. The van der Waals surface area contributed by atoms with Crippen LogP contribution in [0.15, 0.2) is 4.99 Å². The number of hydrogen-bond donors (Lipinski definition) is 2. The van der Waals surface area contributed by atoms with Crippen molar-refractivity contribution in [3.05, 3.63) is 0 Å². The molecular formula is C13H24IN3O2.